The van der Waals surface area contributed by atoms with E-state index in [4.69, 9.17) is 4.74 Å². The SMILES string of the molecule is CCc1ccc(CC(=O)NC2CC(C)(C)Oc3ccc(C)cc32)cc1. The number of fused-ring (bicyclic) bond motifs is 1. The van der Waals surface area contributed by atoms with Crippen LogP contribution in [0.5, 0.6) is 5.75 Å². The number of ether oxygens (including phenoxy) is 1. The van der Waals surface area contributed by atoms with E-state index in [1.54, 1.807) is 0 Å². The van der Waals surface area contributed by atoms with Crippen LogP contribution in [-0.4, -0.2) is 11.5 Å². The van der Waals surface area contributed by atoms with Gasteiger partial charge in [0.2, 0.25) is 5.91 Å². The second kappa shape index (κ2) is 6.91. The first-order valence-electron chi connectivity index (χ1n) is 9.03. The smallest absolute Gasteiger partial charge is 0.224 e. The van der Waals surface area contributed by atoms with E-state index in [1.165, 1.54) is 11.1 Å². The number of hydrogen-bond donors (Lipinski definition) is 1. The van der Waals surface area contributed by atoms with Gasteiger partial charge in [-0.1, -0.05) is 48.9 Å². The Bertz CT molecular complexity index is 762. The lowest BCUT2D eigenvalue weighted by molar-refractivity contribution is -0.121. The minimum absolute atomic E-state index is 0.0129. The third kappa shape index (κ3) is 4.22. The summed E-state index contributed by atoms with van der Waals surface area (Å²) in [6.45, 7) is 8.33. The molecule has 0 saturated carbocycles. The average Bonchev–Trinajstić information content (AvgIpc) is 2.55. The quantitative estimate of drug-likeness (QED) is 0.891. The summed E-state index contributed by atoms with van der Waals surface area (Å²) < 4.78 is 6.08. The van der Waals surface area contributed by atoms with Crippen molar-refractivity contribution in [2.45, 2.75) is 58.6 Å². The largest absolute Gasteiger partial charge is 0.487 e. The number of hydrogen-bond acceptors (Lipinski definition) is 2. The molecule has 1 unspecified atom stereocenters. The summed E-state index contributed by atoms with van der Waals surface area (Å²) in [4.78, 5) is 12.6. The predicted molar refractivity (Wildman–Crippen MR) is 101 cm³/mol. The van der Waals surface area contributed by atoms with Crippen molar-refractivity contribution in [3.63, 3.8) is 0 Å². The molecule has 3 heteroatoms. The minimum Gasteiger partial charge on any atom is -0.487 e. The van der Waals surface area contributed by atoms with Gasteiger partial charge in [-0.05, 0) is 44.4 Å². The van der Waals surface area contributed by atoms with Gasteiger partial charge in [-0.15, -0.1) is 0 Å². The Morgan fingerprint density at radius 2 is 1.84 bits per heavy atom. The maximum atomic E-state index is 12.6. The van der Waals surface area contributed by atoms with Gasteiger partial charge in [-0.25, -0.2) is 0 Å². The normalized spacial score (nSPS) is 18.2. The molecule has 1 aliphatic rings. The van der Waals surface area contributed by atoms with Crippen molar-refractivity contribution in [2.75, 3.05) is 0 Å². The monoisotopic (exact) mass is 337 g/mol. The lowest BCUT2D eigenvalue weighted by atomic mass is 9.89. The molecule has 1 atom stereocenters. The number of carbonyl (C=O) groups excluding carboxylic acids is 1. The zero-order valence-corrected chi connectivity index (χ0v) is 15.6. The molecule has 0 saturated heterocycles. The third-order valence-electron chi connectivity index (χ3n) is 4.75. The van der Waals surface area contributed by atoms with Crippen molar-refractivity contribution in [3.05, 3.63) is 64.7 Å². The summed E-state index contributed by atoms with van der Waals surface area (Å²) in [6, 6.07) is 14.4. The van der Waals surface area contributed by atoms with E-state index in [9.17, 15) is 4.79 Å². The number of nitrogens with one attached hydrogen (secondary N) is 1. The summed E-state index contributed by atoms with van der Waals surface area (Å²) in [5, 5.41) is 3.22. The molecule has 0 aromatic heterocycles. The second-order valence-corrected chi connectivity index (χ2v) is 7.57. The molecule has 0 radical (unpaired) electrons. The van der Waals surface area contributed by atoms with Gasteiger partial charge >= 0.3 is 0 Å². The Morgan fingerprint density at radius 1 is 1.16 bits per heavy atom. The predicted octanol–water partition coefficient (Wildman–Crippen LogP) is 4.52. The maximum absolute atomic E-state index is 12.6. The molecule has 3 nitrogen and oxygen atoms in total. The zero-order chi connectivity index (χ0) is 18.0. The Hall–Kier alpha value is -2.29. The minimum atomic E-state index is -0.289. The Kier molecular flexibility index (Phi) is 4.85. The molecular weight excluding hydrogens is 310 g/mol. The maximum Gasteiger partial charge on any atom is 0.224 e. The highest BCUT2D eigenvalue weighted by atomic mass is 16.5. The lowest BCUT2D eigenvalue weighted by Crippen LogP contribution is -2.41. The van der Waals surface area contributed by atoms with Crippen LogP contribution in [0.1, 0.15) is 55.5 Å². The third-order valence-corrected chi connectivity index (χ3v) is 4.75. The number of carbonyl (C=O) groups is 1. The van der Waals surface area contributed by atoms with Gasteiger partial charge in [-0.3, -0.25) is 4.79 Å². The molecule has 1 N–H and O–H groups in total. The van der Waals surface area contributed by atoms with Crippen molar-refractivity contribution < 1.29 is 9.53 Å². The van der Waals surface area contributed by atoms with Crippen LogP contribution >= 0.6 is 0 Å². The van der Waals surface area contributed by atoms with Crippen molar-refractivity contribution in [2.24, 2.45) is 0 Å². The molecule has 2 aromatic rings. The van der Waals surface area contributed by atoms with E-state index in [2.05, 4.69) is 51.2 Å². The van der Waals surface area contributed by atoms with Crippen LogP contribution in [0.2, 0.25) is 0 Å². The summed E-state index contributed by atoms with van der Waals surface area (Å²) in [6.07, 6.45) is 2.19. The molecular formula is C22H27NO2. The Balaban J connectivity index is 1.74. The molecule has 0 bridgehead atoms. The Labute approximate surface area is 150 Å². The highest BCUT2D eigenvalue weighted by molar-refractivity contribution is 5.79. The van der Waals surface area contributed by atoms with Crippen LogP contribution in [0.25, 0.3) is 0 Å². The van der Waals surface area contributed by atoms with Crippen LogP contribution in [0.3, 0.4) is 0 Å². The van der Waals surface area contributed by atoms with Gasteiger partial charge in [-0.2, -0.15) is 0 Å². The van der Waals surface area contributed by atoms with E-state index < -0.39 is 0 Å². The number of benzene rings is 2. The van der Waals surface area contributed by atoms with Gasteiger partial charge in [0.15, 0.2) is 0 Å². The van der Waals surface area contributed by atoms with Crippen LogP contribution in [0.4, 0.5) is 0 Å². The van der Waals surface area contributed by atoms with Gasteiger partial charge < -0.3 is 10.1 Å². The fourth-order valence-electron chi connectivity index (χ4n) is 3.43. The van der Waals surface area contributed by atoms with Crippen molar-refractivity contribution >= 4 is 5.91 Å². The summed E-state index contributed by atoms with van der Waals surface area (Å²) in [5.74, 6) is 0.929. The van der Waals surface area contributed by atoms with E-state index in [1.807, 2.05) is 24.3 Å². The zero-order valence-electron chi connectivity index (χ0n) is 15.6. The molecule has 3 rings (SSSR count). The number of aryl methyl sites for hydroxylation is 2. The van der Waals surface area contributed by atoms with Crippen LogP contribution in [-0.2, 0) is 17.6 Å². The second-order valence-electron chi connectivity index (χ2n) is 7.57. The fourth-order valence-corrected chi connectivity index (χ4v) is 3.43. The van der Waals surface area contributed by atoms with Crippen LogP contribution < -0.4 is 10.1 Å². The first kappa shape index (κ1) is 17.5. The van der Waals surface area contributed by atoms with Crippen LogP contribution in [0, 0.1) is 6.92 Å². The molecule has 2 aromatic carbocycles. The van der Waals surface area contributed by atoms with Crippen molar-refractivity contribution in [1.29, 1.82) is 0 Å². The molecule has 0 spiro atoms. The highest BCUT2D eigenvalue weighted by Crippen LogP contribution is 2.39. The molecule has 1 amide bonds. The first-order chi connectivity index (χ1) is 11.9. The topological polar surface area (TPSA) is 38.3 Å². The fraction of sp³-hybridized carbons (Fsp3) is 0.409. The number of amides is 1. The van der Waals surface area contributed by atoms with Crippen molar-refractivity contribution in [1.82, 2.24) is 5.32 Å². The van der Waals surface area contributed by atoms with E-state index in [0.717, 1.165) is 29.7 Å². The number of rotatable bonds is 4. The summed E-state index contributed by atoms with van der Waals surface area (Å²) in [7, 11) is 0. The van der Waals surface area contributed by atoms with E-state index in [-0.39, 0.29) is 17.6 Å². The molecule has 1 heterocycles. The van der Waals surface area contributed by atoms with E-state index >= 15 is 0 Å². The molecule has 0 fully saturated rings. The average molecular weight is 337 g/mol. The Morgan fingerprint density at radius 3 is 2.52 bits per heavy atom. The molecule has 0 aliphatic carbocycles. The van der Waals surface area contributed by atoms with Crippen molar-refractivity contribution in [3.8, 4) is 5.75 Å². The lowest BCUT2D eigenvalue weighted by Gasteiger charge is -2.38. The highest BCUT2D eigenvalue weighted by Gasteiger charge is 2.34. The summed E-state index contributed by atoms with van der Waals surface area (Å²) in [5.41, 5.74) is 4.30. The molecule has 25 heavy (non-hydrogen) atoms. The van der Waals surface area contributed by atoms with Crippen LogP contribution in [0.15, 0.2) is 42.5 Å². The van der Waals surface area contributed by atoms with Gasteiger partial charge in [0.1, 0.15) is 11.4 Å². The molecule has 1 aliphatic heterocycles. The van der Waals surface area contributed by atoms with Gasteiger partial charge in [0, 0.05) is 12.0 Å². The standard InChI is InChI=1S/C22H27NO2/c1-5-16-7-9-17(10-8-16)13-21(24)23-19-14-22(3,4)25-20-11-6-15(2)12-18(19)20/h6-12,19H,5,13-14H2,1-4H3,(H,23,24). The summed E-state index contributed by atoms with van der Waals surface area (Å²) >= 11 is 0. The first-order valence-corrected chi connectivity index (χ1v) is 9.03. The molecule has 132 valence electrons. The van der Waals surface area contributed by atoms with Gasteiger partial charge in [0.25, 0.3) is 0 Å². The van der Waals surface area contributed by atoms with Gasteiger partial charge in [0.05, 0.1) is 12.5 Å². The van der Waals surface area contributed by atoms with E-state index in [0.29, 0.717) is 6.42 Å².